The maximum Gasteiger partial charge on any atom is 0.309 e. The zero-order valence-electron chi connectivity index (χ0n) is 20.4. The fraction of sp³-hybridized carbons (Fsp3) is 0.923. The van der Waals surface area contributed by atoms with E-state index in [4.69, 9.17) is 5.11 Å². The number of carbonyl (C=O) groups is 2. The molecule has 0 unspecified atom stereocenters. The summed E-state index contributed by atoms with van der Waals surface area (Å²) in [6.07, 6.45) is 17.4. The maximum absolute atomic E-state index is 12.2. The van der Waals surface area contributed by atoms with Crippen LogP contribution >= 0.6 is 0 Å². The van der Waals surface area contributed by atoms with Gasteiger partial charge in [0.15, 0.2) is 0 Å². The minimum Gasteiger partial charge on any atom is -0.481 e. The van der Waals surface area contributed by atoms with Crippen molar-refractivity contribution in [3.05, 3.63) is 0 Å². The first-order chi connectivity index (χ1) is 14.2. The molecule has 0 saturated heterocycles. The van der Waals surface area contributed by atoms with Crippen LogP contribution in [0.25, 0.3) is 0 Å². The summed E-state index contributed by atoms with van der Waals surface area (Å²) in [5.41, 5.74) is -0.519. The number of rotatable bonds is 21. The molecule has 0 aromatic heterocycles. The van der Waals surface area contributed by atoms with Crippen LogP contribution in [0, 0.1) is 17.3 Å². The van der Waals surface area contributed by atoms with E-state index < -0.39 is 17.4 Å². The highest BCUT2D eigenvalue weighted by atomic mass is 16.4. The van der Waals surface area contributed by atoms with Gasteiger partial charge in [-0.2, -0.15) is 0 Å². The number of aliphatic carboxylic acids is 2. The Balaban J connectivity index is 3.99. The van der Waals surface area contributed by atoms with Gasteiger partial charge in [0.25, 0.3) is 0 Å². The topological polar surface area (TPSA) is 74.6 Å². The average Bonchev–Trinajstić information content (AvgIpc) is 2.66. The first-order valence-electron chi connectivity index (χ1n) is 12.6. The lowest BCUT2D eigenvalue weighted by molar-refractivity contribution is -0.151. The normalized spacial score (nSPS) is 12.1. The van der Waals surface area contributed by atoms with Crippen LogP contribution in [0.15, 0.2) is 0 Å². The second kappa shape index (κ2) is 17.6. The van der Waals surface area contributed by atoms with E-state index in [1.807, 2.05) is 0 Å². The zero-order valence-corrected chi connectivity index (χ0v) is 20.4. The van der Waals surface area contributed by atoms with Gasteiger partial charge in [-0.1, -0.05) is 91.9 Å². The summed E-state index contributed by atoms with van der Waals surface area (Å²) in [5.74, 6) is -0.150. The van der Waals surface area contributed by atoms with Crippen molar-refractivity contribution in [1.82, 2.24) is 0 Å². The Morgan fingerprint density at radius 2 is 0.967 bits per heavy atom. The molecule has 0 rings (SSSR count). The molecule has 0 radical (unpaired) electrons. The van der Waals surface area contributed by atoms with Gasteiger partial charge in [-0.05, 0) is 50.4 Å². The molecule has 30 heavy (non-hydrogen) atoms. The van der Waals surface area contributed by atoms with E-state index in [9.17, 15) is 14.7 Å². The van der Waals surface area contributed by atoms with E-state index >= 15 is 0 Å². The predicted octanol–water partition coefficient (Wildman–Crippen LogP) is 8.09. The van der Waals surface area contributed by atoms with Crippen LogP contribution in [0.4, 0.5) is 0 Å². The van der Waals surface area contributed by atoms with Crippen molar-refractivity contribution in [3.8, 4) is 0 Å². The SMILES string of the molecule is CC(C)CCC(CCCCCCCCCCCCCC(=O)O)(CCC(C)C)C(=O)O. The molecule has 0 amide bonds. The second-order valence-corrected chi connectivity index (χ2v) is 10.2. The average molecular weight is 427 g/mol. The zero-order chi connectivity index (χ0) is 22.8. The molecule has 0 aliphatic carbocycles. The minimum absolute atomic E-state index is 0.304. The van der Waals surface area contributed by atoms with Gasteiger partial charge in [0.1, 0.15) is 0 Å². The number of hydrogen-bond acceptors (Lipinski definition) is 2. The van der Waals surface area contributed by atoms with Crippen molar-refractivity contribution < 1.29 is 19.8 Å². The third-order valence-electron chi connectivity index (χ3n) is 6.40. The summed E-state index contributed by atoms with van der Waals surface area (Å²) >= 11 is 0. The van der Waals surface area contributed by atoms with Crippen molar-refractivity contribution in [2.24, 2.45) is 17.3 Å². The van der Waals surface area contributed by atoms with Crippen LogP contribution < -0.4 is 0 Å². The van der Waals surface area contributed by atoms with Crippen LogP contribution in [0.1, 0.15) is 137 Å². The highest BCUT2D eigenvalue weighted by Gasteiger charge is 2.37. The Bertz CT molecular complexity index is 430. The molecule has 0 heterocycles. The second-order valence-electron chi connectivity index (χ2n) is 10.2. The third-order valence-corrected chi connectivity index (χ3v) is 6.40. The number of carboxylic acid groups (broad SMARTS) is 2. The van der Waals surface area contributed by atoms with Crippen molar-refractivity contribution in [2.45, 2.75) is 137 Å². The number of carboxylic acids is 2. The Labute approximate surface area is 186 Å². The van der Waals surface area contributed by atoms with Gasteiger partial charge in [-0.25, -0.2) is 0 Å². The van der Waals surface area contributed by atoms with Gasteiger partial charge in [0.2, 0.25) is 0 Å². The molecule has 0 atom stereocenters. The van der Waals surface area contributed by atoms with Gasteiger partial charge in [-0.3, -0.25) is 9.59 Å². The van der Waals surface area contributed by atoms with E-state index in [0.717, 1.165) is 64.2 Å². The first-order valence-corrected chi connectivity index (χ1v) is 12.6. The summed E-state index contributed by atoms with van der Waals surface area (Å²) in [5, 5.41) is 18.6. The van der Waals surface area contributed by atoms with Gasteiger partial charge in [0.05, 0.1) is 5.41 Å². The Kier molecular flexibility index (Phi) is 17.0. The van der Waals surface area contributed by atoms with E-state index in [-0.39, 0.29) is 0 Å². The molecule has 0 spiro atoms. The van der Waals surface area contributed by atoms with E-state index in [1.165, 1.54) is 38.5 Å². The molecule has 0 bridgehead atoms. The third kappa shape index (κ3) is 15.7. The quantitative estimate of drug-likeness (QED) is 0.182. The maximum atomic E-state index is 12.2. The summed E-state index contributed by atoms with van der Waals surface area (Å²) in [7, 11) is 0. The van der Waals surface area contributed by atoms with Gasteiger partial charge < -0.3 is 10.2 Å². The lowest BCUT2D eigenvalue weighted by Crippen LogP contribution is -2.32. The van der Waals surface area contributed by atoms with Crippen LogP contribution in [0.2, 0.25) is 0 Å². The molecule has 0 fully saturated rings. The summed E-state index contributed by atoms with van der Waals surface area (Å²) in [6.45, 7) is 8.74. The Morgan fingerprint density at radius 3 is 1.30 bits per heavy atom. The van der Waals surface area contributed by atoms with Crippen molar-refractivity contribution in [1.29, 1.82) is 0 Å². The Hall–Kier alpha value is -1.06. The summed E-state index contributed by atoms with van der Waals surface area (Å²) < 4.78 is 0. The van der Waals surface area contributed by atoms with Gasteiger partial charge in [-0.15, -0.1) is 0 Å². The largest absolute Gasteiger partial charge is 0.481 e. The molecule has 0 aromatic carbocycles. The molecule has 4 heteroatoms. The van der Waals surface area contributed by atoms with Gasteiger partial charge >= 0.3 is 11.9 Å². The van der Waals surface area contributed by atoms with Crippen molar-refractivity contribution in [3.63, 3.8) is 0 Å². The van der Waals surface area contributed by atoms with Gasteiger partial charge in [0, 0.05) is 6.42 Å². The predicted molar refractivity (Wildman–Crippen MR) is 126 cm³/mol. The monoisotopic (exact) mass is 426 g/mol. The molecule has 2 N–H and O–H groups in total. The molecular formula is C26H50O4. The highest BCUT2D eigenvalue weighted by molar-refractivity contribution is 5.74. The minimum atomic E-state index is -0.685. The van der Waals surface area contributed by atoms with E-state index in [0.29, 0.717) is 18.3 Å². The molecule has 178 valence electrons. The summed E-state index contributed by atoms with van der Waals surface area (Å²) in [4.78, 5) is 22.6. The Morgan fingerprint density at radius 1 is 0.600 bits per heavy atom. The first kappa shape index (κ1) is 28.9. The number of unbranched alkanes of at least 4 members (excludes halogenated alkanes) is 10. The molecular weight excluding hydrogens is 376 g/mol. The molecule has 0 aliphatic rings. The fourth-order valence-electron chi connectivity index (χ4n) is 4.16. The van der Waals surface area contributed by atoms with E-state index in [2.05, 4.69) is 27.7 Å². The molecule has 0 aliphatic heterocycles. The van der Waals surface area contributed by atoms with E-state index in [1.54, 1.807) is 0 Å². The molecule has 0 aromatic rings. The lowest BCUT2D eigenvalue weighted by atomic mass is 9.73. The van der Waals surface area contributed by atoms with Crippen molar-refractivity contribution >= 4 is 11.9 Å². The highest BCUT2D eigenvalue weighted by Crippen LogP contribution is 2.38. The van der Waals surface area contributed by atoms with Crippen LogP contribution in [0.5, 0.6) is 0 Å². The number of hydrogen-bond donors (Lipinski definition) is 2. The molecule has 4 nitrogen and oxygen atoms in total. The lowest BCUT2D eigenvalue weighted by Gasteiger charge is -2.31. The summed E-state index contributed by atoms with van der Waals surface area (Å²) in [6, 6.07) is 0. The van der Waals surface area contributed by atoms with Crippen molar-refractivity contribution in [2.75, 3.05) is 0 Å². The van der Waals surface area contributed by atoms with Crippen LogP contribution in [-0.2, 0) is 9.59 Å². The standard InChI is InChI=1S/C26H50O4/c1-22(2)17-20-26(25(29)30,21-18-23(3)4)19-15-13-11-9-7-5-6-8-10-12-14-16-24(27)28/h22-23H,5-21H2,1-4H3,(H,27,28)(H,29,30). The fourth-order valence-corrected chi connectivity index (χ4v) is 4.16. The van der Waals surface area contributed by atoms with Crippen LogP contribution in [0.3, 0.4) is 0 Å². The smallest absolute Gasteiger partial charge is 0.309 e. The molecule has 0 saturated carbocycles. The van der Waals surface area contributed by atoms with Crippen LogP contribution in [-0.4, -0.2) is 22.2 Å².